The van der Waals surface area contributed by atoms with Crippen LogP contribution >= 0.6 is 0 Å². The van der Waals surface area contributed by atoms with Crippen molar-refractivity contribution in [2.45, 2.75) is 6.92 Å². The van der Waals surface area contributed by atoms with E-state index in [1.807, 2.05) is 0 Å². The Morgan fingerprint density at radius 1 is 1.75 bits per heavy atom. The molecule has 0 spiro atoms. The second-order valence-electron chi connectivity index (χ2n) is 2.37. The Kier molecular flexibility index (Phi) is 2.63. The maximum absolute atomic E-state index is 10.9. The number of carbonyl (C=O) groups is 1. The molecule has 0 aliphatic heterocycles. The number of nitrogens with one attached hydrogen (secondary N) is 2. The quantitative estimate of drug-likeness (QED) is 0.643. The van der Waals surface area contributed by atoms with E-state index in [4.69, 9.17) is 0 Å². The van der Waals surface area contributed by atoms with Gasteiger partial charge in [0.2, 0.25) is 0 Å². The predicted molar refractivity (Wildman–Crippen MR) is 46.3 cm³/mol. The maximum atomic E-state index is 10.9. The van der Waals surface area contributed by atoms with Crippen LogP contribution in [-0.4, -0.2) is 22.8 Å². The van der Waals surface area contributed by atoms with Crippen molar-refractivity contribution in [2.24, 2.45) is 0 Å². The summed E-state index contributed by atoms with van der Waals surface area (Å²) >= 11 is 0. The molecule has 0 amide bonds. The maximum Gasteiger partial charge on any atom is 0.175 e. The SMILES string of the molecule is CNC(=Cc1cnc[nH]1)C(C)=O. The largest absolute Gasteiger partial charge is 0.385 e. The van der Waals surface area contributed by atoms with Gasteiger partial charge in [0.05, 0.1) is 23.9 Å². The van der Waals surface area contributed by atoms with Gasteiger partial charge in [-0.25, -0.2) is 4.98 Å². The third-order valence-electron chi connectivity index (χ3n) is 1.47. The first kappa shape index (κ1) is 8.52. The molecule has 12 heavy (non-hydrogen) atoms. The lowest BCUT2D eigenvalue weighted by atomic mass is 10.2. The van der Waals surface area contributed by atoms with Gasteiger partial charge in [0, 0.05) is 14.0 Å². The van der Waals surface area contributed by atoms with Crippen molar-refractivity contribution >= 4 is 11.9 Å². The van der Waals surface area contributed by atoms with E-state index in [0.717, 1.165) is 5.69 Å². The lowest BCUT2D eigenvalue weighted by Gasteiger charge is -1.99. The van der Waals surface area contributed by atoms with Crippen LogP contribution in [-0.2, 0) is 4.79 Å². The number of hydrogen-bond donors (Lipinski definition) is 2. The average Bonchev–Trinajstić information content (AvgIpc) is 2.51. The van der Waals surface area contributed by atoms with Crippen LogP contribution in [0, 0.1) is 0 Å². The highest BCUT2D eigenvalue weighted by Crippen LogP contribution is 2.00. The number of likely N-dealkylation sites (N-methyl/N-ethyl adjacent to an activating group) is 1. The van der Waals surface area contributed by atoms with Crippen LogP contribution in [0.2, 0.25) is 0 Å². The molecule has 1 heterocycles. The first-order valence-corrected chi connectivity index (χ1v) is 3.63. The second-order valence-corrected chi connectivity index (χ2v) is 2.37. The Morgan fingerprint density at radius 2 is 2.50 bits per heavy atom. The van der Waals surface area contributed by atoms with Crippen molar-refractivity contribution in [3.8, 4) is 0 Å². The van der Waals surface area contributed by atoms with E-state index in [0.29, 0.717) is 5.70 Å². The van der Waals surface area contributed by atoms with E-state index in [-0.39, 0.29) is 5.78 Å². The Labute approximate surface area is 70.7 Å². The Hall–Kier alpha value is -1.58. The van der Waals surface area contributed by atoms with Gasteiger partial charge in [-0.15, -0.1) is 0 Å². The third kappa shape index (κ3) is 1.95. The molecule has 4 heteroatoms. The molecule has 1 aromatic rings. The fraction of sp³-hybridized carbons (Fsp3) is 0.250. The molecule has 0 aliphatic carbocycles. The van der Waals surface area contributed by atoms with Crippen molar-refractivity contribution in [3.63, 3.8) is 0 Å². The molecule has 0 fully saturated rings. The van der Waals surface area contributed by atoms with Crippen molar-refractivity contribution in [1.29, 1.82) is 0 Å². The number of imidazole rings is 1. The summed E-state index contributed by atoms with van der Waals surface area (Å²) < 4.78 is 0. The number of H-pyrrole nitrogens is 1. The van der Waals surface area contributed by atoms with E-state index in [2.05, 4.69) is 15.3 Å². The zero-order valence-corrected chi connectivity index (χ0v) is 7.09. The van der Waals surface area contributed by atoms with Crippen molar-refractivity contribution in [3.05, 3.63) is 23.9 Å². The minimum absolute atomic E-state index is 0.00657. The van der Waals surface area contributed by atoms with Gasteiger partial charge >= 0.3 is 0 Å². The van der Waals surface area contributed by atoms with Gasteiger partial charge in [-0.2, -0.15) is 0 Å². The zero-order valence-electron chi connectivity index (χ0n) is 7.09. The Bertz CT molecular complexity index is 287. The molecule has 0 atom stereocenters. The van der Waals surface area contributed by atoms with Gasteiger partial charge < -0.3 is 10.3 Å². The smallest absolute Gasteiger partial charge is 0.175 e. The van der Waals surface area contributed by atoms with Gasteiger partial charge in [0.25, 0.3) is 0 Å². The topological polar surface area (TPSA) is 57.8 Å². The normalized spacial score (nSPS) is 11.3. The standard InChI is InChI=1S/C8H11N3O/c1-6(12)8(9-2)3-7-4-10-5-11-7/h3-5,9H,1-2H3,(H,10,11). The van der Waals surface area contributed by atoms with Crippen LogP contribution in [0.25, 0.3) is 6.08 Å². The summed E-state index contributed by atoms with van der Waals surface area (Å²) in [6.07, 6.45) is 4.94. The second kappa shape index (κ2) is 3.71. The molecule has 64 valence electrons. The van der Waals surface area contributed by atoms with E-state index >= 15 is 0 Å². The Balaban J connectivity index is 2.85. The number of allylic oxidation sites excluding steroid dienone is 1. The monoisotopic (exact) mass is 165 g/mol. The molecule has 0 saturated heterocycles. The summed E-state index contributed by atoms with van der Waals surface area (Å²) in [4.78, 5) is 17.6. The van der Waals surface area contributed by atoms with E-state index in [9.17, 15) is 4.79 Å². The van der Waals surface area contributed by atoms with Crippen LogP contribution in [0.3, 0.4) is 0 Å². The molecule has 1 aromatic heterocycles. The molecule has 0 aliphatic rings. The highest BCUT2D eigenvalue weighted by atomic mass is 16.1. The number of aromatic nitrogens is 2. The first-order valence-electron chi connectivity index (χ1n) is 3.63. The van der Waals surface area contributed by atoms with E-state index in [1.165, 1.54) is 6.92 Å². The van der Waals surface area contributed by atoms with Crippen molar-refractivity contribution in [1.82, 2.24) is 15.3 Å². The summed E-state index contributed by atoms with van der Waals surface area (Å²) in [5, 5.41) is 2.80. The number of aromatic amines is 1. The summed E-state index contributed by atoms with van der Waals surface area (Å²) in [5.74, 6) is 0.00657. The van der Waals surface area contributed by atoms with Crippen LogP contribution in [0.4, 0.5) is 0 Å². The molecule has 1 rings (SSSR count). The molecule has 0 saturated carbocycles. The molecule has 0 aromatic carbocycles. The fourth-order valence-corrected chi connectivity index (χ4v) is 0.851. The molecular formula is C8H11N3O. The summed E-state index contributed by atoms with van der Waals surface area (Å²) in [7, 11) is 1.71. The number of nitrogens with zero attached hydrogens (tertiary/aromatic N) is 1. The summed E-state index contributed by atoms with van der Waals surface area (Å²) in [6.45, 7) is 1.51. The van der Waals surface area contributed by atoms with Gasteiger partial charge in [-0.3, -0.25) is 4.79 Å². The van der Waals surface area contributed by atoms with E-state index in [1.54, 1.807) is 25.6 Å². The first-order chi connectivity index (χ1) is 5.74. The van der Waals surface area contributed by atoms with Crippen molar-refractivity contribution < 1.29 is 4.79 Å². The van der Waals surface area contributed by atoms with Crippen LogP contribution in [0.5, 0.6) is 0 Å². The average molecular weight is 165 g/mol. The van der Waals surface area contributed by atoms with Crippen molar-refractivity contribution in [2.75, 3.05) is 7.05 Å². The number of Topliss-reactive ketones (excluding diaryl/α,β-unsaturated/α-hetero) is 1. The van der Waals surface area contributed by atoms with Crippen LogP contribution < -0.4 is 5.32 Å². The summed E-state index contributed by atoms with van der Waals surface area (Å²) in [6, 6.07) is 0. The number of hydrogen-bond acceptors (Lipinski definition) is 3. The fourth-order valence-electron chi connectivity index (χ4n) is 0.851. The third-order valence-corrected chi connectivity index (χ3v) is 1.47. The highest BCUT2D eigenvalue weighted by Gasteiger charge is 2.00. The number of rotatable bonds is 3. The van der Waals surface area contributed by atoms with Gasteiger partial charge in [-0.05, 0) is 6.08 Å². The van der Waals surface area contributed by atoms with E-state index < -0.39 is 0 Å². The lowest BCUT2D eigenvalue weighted by Crippen LogP contribution is -2.12. The predicted octanol–water partition coefficient (Wildman–Crippen LogP) is 0.559. The van der Waals surface area contributed by atoms with Crippen LogP contribution in [0.15, 0.2) is 18.2 Å². The van der Waals surface area contributed by atoms with Gasteiger partial charge in [0.1, 0.15) is 0 Å². The highest BCUT2D eigenvalue weighted by molar-refractivity contribution is 5.96. The number of ketones is 1. The molecule has 2 N–H and O–H groups in total. The van der Waals surface area contributed by atoms with Crippen LogP contribution in [0.1, 0.15) is 12.6 Å². The summed E-state index contributed by atoms with van der Waals surface area (Å²) in [5.41, 5.74) is 1.38. The molecule has 0 radical (unpaired) electrons. The molecule has 0 unspecified atom stereocenters. The number of carbonyl (C=O) groups excluding carboxylic acids is 1. The zero-order chi connectivity index (χ0) is 8.97. The molecule has 4 nitrogen and oxygen atoms in total. The Morgan fingerprint density at radius 3 is 2.92 bits per heavy atom. The van der Waals surface area contributed by atoms with Gasteiger partial charge in [0.15, 0.2) is 5.78 Å². The minimum atomic E-state index is 0.00657. The lowest BCUT2D eigenvalue weighted by molar-refractivity contribution is -0.113. The van der Waals surface area contributed by atoms with Gasteiger partial charge in [-0.1, -0.05) is 0 Å². The minimum Gasteiger partial charge on any atom is -0.385 e. The molecular weight excluding hydrogens is 154 g/mol. The molecule has 0 bridgehead atoms.